The first kappa shape index (κ1) is 13.6. The molecule has 2 heterocycles. The average molecular weight is 280 g/mol. The third kappa shape index (κ3) is 3.61. The van der Waals surface area contributed by atoms with Gasteiger partial charge in [0.25, 0.3) is 0 Å². The normalized spacial score (nSPS) is 14.4. The van der Waals surface area contributed by atoms with Gasteiger partial charge in [0.1, 0.15) is 17.3 Å². The van der Waals surface area contributed by atoms with E-state index in [-0.39, 0.29) is 5.82 Å². The second-order valence-electron chi connectivity index (χ2n) is 5.19. The first-order valence-electron chi connectivity index (χ1n) is 7.31. The quantitative estimate of drug-likeness (QED) is 0.742. The number of halogens is 1. The van der Waals surface area contributed by atoms with Crippen LogP contribution in [0.25, 0.3) is 0 Å². The van der Waals surface area contributed by atoms with Crippen LogP contribution in [0.1, 0.15) is 30.5 Å². The Morgan fingerprint density at radius 2 is 1.76 bits per heavy atom. The number of hydrogen-bond acceptors (Lipinski definition) is 2. The van der Waals surface area contributed by atoms with Crippen LogP contribution in [0.3, 0.4) is 0 Å². The van der Waals surface area contributed by atoms with Gasteiger partial charge < -0.3 is 4.90 Å². The molecule has 0 bridgehead atoms. The Balaban J connectivity index is 1.80. The highest BCUT2D eigenvalue weighted by Crippen LogP contribution is 2.17. The van der Waals surface area contributed by atoms with Crippen LogP contribution < -0.4 is 4.90 Å². The Kier molecular flexibility index (Phi) is 4.16. The van der Waals surface area contributed by atoms with Gasteiger partial charge in [-0.1, -0.05) is 18.1 Å². The molecule has 0 N–H and O–H groups in total. The molecule has 0 amide bonds. The summed E-state index contributed by atoms with van der Waals surface area (Å²) in [7, 11) is 0. The molecule has 0 unspecified atom stereocenters. The first-order valence-corrected chi connectivity index (χ1v) is 7.31. The van der Waals surface area contributed by atoms with Gasteiger partial charge >= 0.3 is 0 Å². The van der Waals surface area contributed by atoms with Crippen molar-refractivity contribution in [1.82, 2.24) is 4.98 Å². The summed E-state index contributed by atoms with van der Waals surface area (Å²) in [6, 6.07) is 12.2. The number of pyridine rings is 1. The van der Waals surface area contributed by atoms with Gasteiger partial charge in [-0.3, -0.25) is 0 Å². The monoisotopic (exact) mass is 280 g/mol. The fourth-order valence-electron chi connectivity index (χ4n) is 2.49. The van der Waals surface area contributed by atoms with Crippen molar-refractivity contribution in [3.63, 3.8) is 0 Å². The number of hydrogen-bond donors (Lipinski definition) is 0. The lowest BCUT2D eigenvalue weighted by atomic mass is 10.1. The smallest absolute Gasteiger partial charge is 0.129 e. The van der Waals surface area contributed by atoms with Crippen molar-refractivity contribution in [3.8, 4) is 11.8 Å². The Bertz CT molecular complexity index is 679. The zero-order valence-electron chi connectivity index (χ0n) is 11.8. The molecule has 1 aliphatic heterocycles. The molecule has 0 aliphatic carbocycles. The summed E-state index contributed by atoms with van der Waals surface area (Å²) in [5.74, 6) is 6.69. The van der Waals surface area contributed by atoms with E-state index in [9.17, 15) is 4.39 Å². The lowest BCUT2D eigenvalue weighted by molar-refractivity contribution is 0.573. The summed E-state index contributed by atoms with van der Waals surface area (Å²) < 4.78 is 13.1. The Labute approximate surface area is 124 Å². The molecule has 0 atom stereocenters. The zero-order valence-corrected chi connectivity index (χ0v) is 11.8. The maximum atomic E-state index is 13.1. The highest BCUT2D eigenvalue weighted by atomic mass is 19.1. The summed E-state index contributed by atoms with van der Waals surface area (Å²) in [5, 5.41) is 0. The van der Waals surface area contributed by atoms with Gasteiger partial charge in [-0.05, 0) is 55.5 Å². The van der Waals surface area contributed by atoms with Gasteiger partial charge in [-0.25, -0.2) is 9.37 Å². The highest BCUT2D eigenvalue weighted by molar-refractivity contribution is 5.45. The molecule has 1 aromatic carbocycles. The summed E-state index contributed by atoms with van der Waals surface area (Å²) in [5.41, 5.74) is 1.39. The van der Waals surface area contributed by atoms with E-state index in [2.05, 4.69) is 21.7 Å². The molecule has 0 radical (unpaired) electrons. The average Bonchev–Trinajstić information content (AvgIpc) is 2.54. The van der Waals surface area contributed by atoms with Gasteiger partial charge in [0, 0.05) is 18.7 Å². The van der Waals surface area contributed by atoms with Gasteiger partial charge in [0.05, 0.1) is 0 Å². The largest absolute Gasteiger partial charge is 0.357 e. The molecule has 21 heavy (non-hydrogen) atoms. The maximum Gasteiger partial charge on any atom is 0.129 e. The number of piperidine rings is 1. The molecule has 3 rings (SSSR count). The standard InChI is InChI=1S/C18H17FN2/c19-16-7-4-6-15(14-16)10-11-17-8-5-9-18(20-17)21-12-2-1-3-13-21/h4-9,14H,1-3,12-13H2. The number of benzene rings is 1. The van der Waals surface area contributed by atoms with E-state index in [4.69, 9.17) is 0 Å². The molecule has 1 aliphatic rings. The van der Waals surface area contributed by atoms with Crippen LogP contribution in [0.4, 0.5) is 10.2 Å². The Morgan fingerprint density at radius 1 is 0.952 bits per heavy atom. The van der Waals surface area contributed by atoms with E-state index < -0.39 is 0 Å². The van der Waals surface area contributed by atoms with Crippen LogP contribution in [0, 0.1) is 17.7 Å². The molecule has 3 heteroatoms. The molecule has 0 spiro atoms. The lowest BCUT2D eigenvalue weighted by Gasteiger charge is -2.27. The molecular weight excluding hydrogens is 263 g/mol. The summed E-state index contributed by atoms with van der Waals surface area (Å²) in [4.78, 5) is 6.89. The predicted octanol–water partition coefficient (Wildman–Crippen LogP) is 3.61. The molecule has 0 saturated carbocycles. The van der Waals surface area contributed by atoms with Crippen LogP contribution in [0.15, 0.2) is 42.5 Å². The molecule has 106 valence electrons. The topological polar surface area (TPSA) is 16.1 Å². The van der Waals surface area contributed by atoms with Gasteiger partial charge in [-0.2, -0.15) is 0 Å². The minimum absolute atomic E-state index is 0.267. The number of anilines is 1. The van der Waals surface area contributed by atoms with Crippen molar-refractivity contribution in [1.29, 1.82) is 0 Å². The molecule has 1 fully saturated rings. The second kappa shape index (κ2) is 6.41. The minimum atomic E-state index is -0.267. The van der Waals surface area contributed by atoms with Crippen molar-refractivity contribution in [2.45, 2.75) is 19.3 Å². The van der Waals surface area contributed by atoms with E-state index in [0.717, 1.165) is 24.6 Å². The van der Waals surface area contributed by atoms with Crippen molar-refractivity contribution in [3.05, 3.63) is 59.5 Å². The molecule has 2 aromatic rings. The Hall–Kier alpha value is -2.34. The molecular formula is C18H17FN2. The number of nitrogens with zero attached hydrogens (tertiary/aromatic N) is 2. The fourth-order valence-corrected chi connectivity index (χ4v) is 2.49. The second-order valence-corrected chi connectivity index (χ2v) is 5.19. The van der Waals surface area contributed by atoms with Crippen molar-refractivity contribution in [2.24, 2.45) is 0 Å². The summed E-state index contributed by atoms with van der Waals surface area (Å²) >= 11 is 0. The predicted molar refractivity (Wildman–Crippen MR) is 82.7 cm³/mol. The minimum Gasteiger partial charge on any atom is -0.357 e. The van der Waals surface area contributed by atoms with Crippen LogP contribution in [0.2, 0.25) is 0 Å². The highest BCUT2D eigenvalue weighted by Gasteiger charge is 2.11. The summed E-state index contributed by atoms with van der Waals surface area (Å²) in [6.07, 6.45) is 3.75. The first-order chi connectivity index (χ1) is 10.3. The van der Waals surface area contributed by atoms with Crippen LogP contribution >= 0.6 is 0 Å². The van der Waals surface area contributed by atoms with Crippen molar-refractivity contribution >= 4 is 5.82 Å². The van der Waals surface area contributed by atoms with Crippen LogP contribution in [0.5, 0.6) is 0 Å². The summed E-state index contributed by atoms with van der Waals surface area (Å²) in [6.45, 7) is 2.13. The lowest BCUT2D eigenvalue weighted by Crippen LogP contribution is -2.30. The molecule has 1 aromatic heterocycles. The molecule has 2 nitrogen and oxygen atoms in total. The molecule has 1 saturated heterocycles. The van der Waals surface area contributed by atoms with E-state index in [1.807, 2.05) is 18.2 Å². The van der Waals surface area contributed by atoms with E-state index in [1.54, 1.807) is 12.1 Å². The maximum absolute atomic E-state index is 13.1. The van der Waals surface area contributed by atoms with Gasteiger partial charge in [0.2, 0.25) is 0 Å². The van der Waals surface area contributed by atoms with Gasteiger partial charge in [-0.15, -0.1) is 0 Å². The van der Waals surface area contributed by atoms with Crippen LogP contribution in [-0.2, 0) is 0 Å². The SMILES string of the molecule is Fc1cccc(C#Cc2cccc(N3CCCCC3)n2)c1. The number of aromatic nitrogens is 1. The zero-order chi connectivity index (χ0) is 14.5. The van der Waals surface area contributed by atoms with E-state index in [1.165, 1.54) is 31.4 Å². The van der Waals surface area contributed by atoms with Crippen molar-refractivity contribution < 1.29 is 4.39 Å². The van der Waals surface area contributed by atoms with Crippen molar-refractivity contribution in [2.75, 3.05) is 18.0 Å². The number of rotatable bonds is 1. The van der Waals surface area contributed by atoms with E-state index >= 15 is 0 Å². The van der Waals surface area contributed by atoms with E-state index in [0.29, 0.717) is 5.56 Å². The Morgan fingerprint density at radius 3 is 2.57 bits per heavy atom. The van der Waals surface area contributed by atoms with Gasteiger partial charge in [0.15, 0.2) is 0 Å². The third-order valence-corrected chi connectivity index (χ3v) is 3.57. The van der Waals surface area contributed by atoms with Crippen LogP contribution in [-0.4, -0.2) is 18.1 Å². The fraction of sp³-hybridized carbons (Fsp3) is 0.278. The third-order valence-electron chi connectivity index (χ3n) is 3.57.